The van der Waals surface area contributed by atoms with Gasteiger partial charge in [0, 0.05) is 12.6 Å². The molecule has 0 spiro atoms. The molecule has 114 valence electrons. The molecule has 1 unspecified atom stereocenters. The van der Waals surface area contributed by atoms with Crippen molar-refractivity contribution in [3.8, 4) is 0 Å². The molecule has 0 aromatic carbocycles. The van der Waals surface area contributed by atoms with Crippen LogP contribution in [0.2, 0.25) is 0 Å². The Morgan fingerprint density at radius 3 is 2.30 bits per heavy atom. The fourth-order valence-corrected chi connectivity index (χ4v) is 2.90. The smallest absolute Gasteiger partial charge is 0.242 e. The van der Waals surface area contributed by atoms with Crippen LogP contribution in [0.15, 0.2) is 0 Å². The molecule has 0 aromatic rings. The maximum absolute atomic E-state index is 12.5. The number of carbonyl (C=O) groups is 2. The standard InChI is InChI=1S/C15H27N3O2/c1-11(13(19)18-12-6-7-12)17-14(20)15(10-16)8-4-2-3-5-9-15/h11-12H,2-10,16H2,1H3,(H,17,20)(H,18,19). The first-order valence-electron chi connectivity index (χ1n) is 7.89. The number of amides is 2. The Labute approximate surface area is 121 Å². The molecule has 2 amide bonds. The Hall–Kier alpha value is -1.10. The summed E-state index contributed by atoms with van der Waals surface area (Å²) < 4.78 is 0. The third kappa shape index (κ3) is 3.72. The summed E-state index contributed by atoms with van der Waals surface area (Å²) in [5, 5.41) is 5.79. The molecule has 0 aromatic heterocycles. The van der Waals surface area contributed by atoms with Gasteiger partial charge in [-0.05, 0) is 32.6 Å². The number of nitrogens with two attached hydrogens (primary N) is 1. The summed E-state index contributed by atoms with van der Waals surface area (Å²) in [7, 11) is 0. The van der Waals surface area contributed by atoms with Crippen molar-refractivity contribution < 1.29 is 9.59 Å². The summed E-state index contributed by atoms with van der Waals surface area (Å²) in [6.07, 6.45) is 8.23. The Balaban J connectivity index is 1.91. The molecule has 0 aliphatic heterocycles. The van der Waals surface area contributed by atoms with E-state index in [0.717, 1.165) is 38.5 Å². The topological polar surface area (TPSA) is 84.2 Å². The molecule has 2 saturated carbocycles. The van der Waals surface area contributed by atoms with E-state index in [1.54, 1.807) is 6.92 Å². The zero-order valence-electron chi connectivity index (χ0n) is 12.4. The number of hydrogen-bond acceptors (Lipinski definition) is 3. The van der Waals surface area contributed by atoms with E-state index < -0.39 is 11.5 Å². The normalized spacial score (nSPS) is 23.5. The fourth-order valence-electron chi connectivity index (χ4n) is 2.90. The number of hydrogen-bond donors (Lipinski definition) is 3. The van der Waals surface area contributed by atoms with E-state index in [0.29, 0.717) is 12.6 Å². The highest BCUT2D eigenvalue weighted by Crippen LogP contribution is 2.34. The molecule has 0 heterocycles. The van der Waals surface area contributed by atoms with E-state index in [2.05, 4.69) is 10.6 Å². The number of nitrogens with one attached hydrogen (secondary N) is 2. The lowest BCUT2D eigenvalue weighted by molar-refractivity contribution is -0.135. The van der Waals surface area contributed by atoms with E-state index in [4.69, 9.17) is 5.73 Å². The van der Waals surface area contributed by atoms with Gasteiger partial charge < -0.3 is 16.4 Å². The van der Waals surface area contributed by atoms with Gasteiger partial charge in [-0.3, -0.25) is 9.59 Å². The fraction of sp³-hybridized carbons (Fsp3) is 0.867. The largest absolute Gasteiger partial charge is 0.352 e. The first kappa shape index (κ1) is 15.3. The zero-order valence-corrected chi connectivity index (χ0v) is 12.4. The van der Waals surface area contributed by atoms with Gasteiger partial charge in [0.1, 0.15) is 6.04 Å². The summed E-state index contributed by atoms with van der Waals surface area (Å²) in [4.78, 5) is 24.5. The summed E-state index contributed by atoms with van der Waals surface area (Å²) in [5.74, 6) is -0.123. The van der Waals surface area contributed by atoms with Gasteiger partial charge in [-0.1, -0.05) is 25.7 Å². The molecule has 5 nitrogen and oxygen atoms in total. The van der Waals surface area contributed by atoms with Crippen LogP contribution in [0.1, 0.15) is 58.3 Å². The molecule has 0 radical (unpaired) electrons. The van der Waals surface area contributed by atoms with Crippen LogP contribution in [0.5, 0.6) is 0 Å². The van der Waals surface area contributed by atoms with Gasteiger partial charge in [0.05, 0.1) is 5.41 Å². The highest BCUT2D eigenvalue weighted by molar-refractivity contribution is 5.90. The first-order chi connectivity index (χ1) is 9.57. The quantitative estimate of drug-likeness (QED) is 0.659. The SMILES string of the molecule is CC(NC(=O)C1(CN)CCCCCC1)C(=O)NC1CC1. The Kier molecular flexibility index (Phi) is 5.02. The van der Waals surface area contributed by atoms with Gasteiger partial charge in [0.25, 0.3) is 0 Å². The Morgan fingerprint density at radius 1 is 1.20 bits per heavy atom. The second-order valence-corrected chi connectivity index (χ2v) is 6.38. The average molecular weight is 281 g/mol. The predicted octanol–water partition coefficient (Wildman–Crippen LogP) is 1.07. The molecule has 2 rings (SSSR count). The average Bonchev–Trinajstić information content (AvgIpc) is 3.24. The van der Waals surface area contributed by atoms with E-state index >= 15 is 0 Å². The molecule has 4 N–H and O–H groups in total. The van der Waals surface area contributed by atoms with Crippen LogP contribution in [0, 0.1) is 5.41 Å². The maximum atomic E-state index is 12.5. The van der Waals surface area contributed by atoms with Crippen LogP contribution in [-0.2, 0) is 9.59 Å². The van der Waals surface area contributed by atoms with Crippen LogP contribution >= 0.6 is 0 Å². The van der Waals surface area contributed by atoms with Crippen LogP contribution in [0.3, 0.4) is 0 Å². The lowest BCUT2D eigenvalue weighted by Crippen LogP contribution is -2.52. The van der Waals surface area contributed by atoms with Crippen molar-refractivity contribution in [2.24, 2.45) is 11.1 Å². The highest BCUT2D eigenvalue weighted by Gasteiger charge is 2.38. The molecule has 2 aliphatic carbocycles. The molecule has 20 heavy (non-hydrogen) atoms. The predicted molar refractivity (Wildman–Crippen MR) is 78.0 cm³/mol. The lowest BCUT2D eigenvalue weighted by Gasteiger charge is -2.31. The highest BCUT2D eigenvalue weighted by atomic mass is 16.2. The minimum atomic E-state index is -0.477. The van der Waals surface area contributed by atoms with Crippen LogP contribution < -0.4 is 16.4 Å². The van der Waals surface area contributed by atoms with Crippen LogP contribution in [0.4, 0.5) is 0 Å². The van der Waals surface area contributed by atoms with Crippen LogP contribution in [0.25, 0.3) is 0 Å². The third-order valence-corrected chi connectivity index (χ3v) is 4.60. The summed E-state index contributed by atoms with van der Waals surface area (Å²) in [5.41, 5.74) is 5.42. The van der Waals surface area contributed by atoms with Gasteiger partial charge in [-0.15, -0.1) is 0 Å². The lowest BCUT2D eigenvalue weighted by atomic mass is 9.79. The van der Waals surface area contributed by atoms with Gasteiger partial charge in [-0.25, -0.2) is 0 Å². The molecule has 2 aliphatic rings. The molecule has 1 atom stereocenters. The Bertz CT molecular complexity index is 358. The second kappa shape index (κ2) is 6.57. The van der Waals surface area contributed by atoms with E-state index in [1.807, 2.05) is 0 Å². The minimum absolute atomic E-state index is 0.0413. The van der Waals surface area contributed by atoms with E-state index in [-0.39, 0.29) is 11.8 Å². The maximum Gasteiger partial charge on any atom is 0.242 e. The molecule has 0 saturated heterocycles. The van der Waals surface area contributed by atoms with Crippen molar-refractivity contribution >= 4 is 11.8 Å². The van der Waals surface area contributed by atoms with Crippen molar-refractivity contribution in [3.63, 3.8) is 0 Å². The van der Waals surface area contributed by atoms with Crippen molar-refractivity contribution in [2.75, 3.05) is 6.54 Å². The summed E-state index contributed by atoms with van der Waals surface area (Å²) in [6.45, 7) is 2.12. The molecule has 5 heteroatoms. The zero-order chi connectivity index (χ0) is 14.6. The van der Waals surface area contributed by atoms with Crippen LogP contribution in [-0.4, -0.2) is 30.4 Å². The van der Waals surface area contributed by atoms with E-state index in [1.165, 1.54) is 12.8 Å². The van der Waals surface area contributed by atoms with Gasteiger partial charge in [-0.2, -0.15) is 0 Å². The van der Waals surface area contributed by atoms with Crippen molar-refractivity contribution in [2.45, 2.75) is 70.4 Å². The number of carbonyl (C=O) groups excluding carboxylic acids is 2. The van der Waals surface area contributed by atoms with Crippen molar-refractivity contribution in [3.05, 3.63) is 0 Å². The first-order valence-corrected chi connectivity index (χ1v) is 7.89. The van der Waals surface area contributed by atoms with Crippen molar-refractivity contribution in [1.29, 1.82) is 0 Å². The molecular formula is C15H27N3O2. The van der Waals surface area contributed by atoms with Gasteiger partial charge >= 0.3 is 0 Å². The number of rotatable bonds is 5. The molecular weight excluding hydrogens is 254 g/mol. The molecule has 0 bridgehead atoms. The third-order valence-electron chi connectivity index (χ3n) is 4.60. The summed E-state index contributed by atoms with van der Waals surface area (Å²) in [6, 6.07) is -0.155. The van der Waals surface area contributed by atoms with Crippen molar-refractivity contribution in [1.82, 2.24) is 10.6 Å². The Morgan fingerprint density at radius 2 is 1.80 bits per heavy atom. The van der Waals surface area contributed by atoms with Gasteiger partial charge in [0.2, 0.25) is 11.8 Å². The monoisotopic (exact) mass is 281 g/mol. The minimum Gasteiger partial charge on any atom is -0.352 e. The second-order valence-electron chi connectivity index (χ2n) is 6.38. The molecule has 2 fully saturated rings. The van der Waals surface area contributed by atoms with E-state index in [9.17, 15) is 9.59 Å². The van der Waals surface area contributed by atoms with Gasteiger partial charge in [0.15, 0.2) is 0 Å². The summed E-state index contributed by atoms with van der Waals surface area (Å²) >= 11 is 0.